The lowest BCUT2D eigenvalue weighted by molar-refractivity contribution is -0.138. The summed E-state index contributed by atoms with van der Waals surface area (Å²) >= 11 is 0. The third-order valence-corrected chi connectivity index (χ3v) is 4.09. The molecule has 26 heavy (non-hydrogen) atoms. The van der Waals surface area contributed by atoms with Crippen LogP contribution >= 0.6 is 0 Å². The van der Waals surface area contributed by atoms with Crippen molar-refractivity contribution in [3.8, 4) is 11.5 Å². The highest BCUT2D eigenvalue weighted by molar-refractivity contribution is 6.02. The number of fused-ring (bicyclic) bond motifs is 1. The number of benzene rings is 2. The summed E-state index contributed by atoms with van der Waals surface area (Å²) in [6.07, 6.45) is 2.66. The monoisotopic (exact) mass is 358 g/mol. The number of rotatable bonds is 8. The number of hydrogen-bond acceptors (Lipinski definition) is 5. The third-order valence-electron chi connectivity index (χ3n) is 4.09. The molecule has 5 heteroatoms. The molecular weight excluding hydrogens is 332 g/mol. The predicted molar refractivity (Wildman–Crippen MR) is 103 cm³/mol. The van der Waals surface area contributed by atoms with Gasteiger partial charge in [-0.1, -0.05) is 25.1 Å². The van der Waals surface area contributed by atoms with Gasteiger partial charge in [0, 0.05) is 18.1 Å². The molecule has 0 N–H and O–H groups in total. The molecule has 0 amide bonds. The average molecular weight is 358 g/mol. The average Bonchev–Trinajstić information content (AvgIpc) is 2.66. The van der Waals surface area contributed by atoms with Crippen molar-refractivity contribution in [3.63, 3.8) is 0 Å². The Labute approximate surface area is 154 Å². The molecule has 0 aromatic heterocycles. The molecule has 2 aromatic rings. The molecule has 0 saturated carbocycles. The summed E-state index contributed by atoms with van der Waals surface area (Å²) in [7, 11) is 3.18. The molecule has 2 rings (SSSR count). The van der Waals surface area contributed by atoms with Gasteiger partial charge in [0.25, 0.3) is 0 Å². The molecule has 2 aromatic carbocycles. The highest BCUT2D eigenvalue weighted by Crippen LogP contribution is 2.41. The van der Waals surface area contributed by atoms with Crippen LogP contribution in [0.3, 0.4) is 0 Å². The minimum Gasteiger partial charge on any atom is -0.493 e. The standard InChI is InChI=1S/C21H26O5/c1-6-15-9-8-10-17-16(11-14(3)21(22)25-7-2)12-18(24-5)20(19(15)17)26-13-23-4/h8-12H,6-7,13H2,1-5H3/b14-11-. The van der Waals surface area contributed by atoms with Crippen molar-refractivity contribution in [2.45, 2.75) is 27.2 Å². The fourth-order valence-corrected chi connectivity index (χ4v) is 2.88. The lowest BCUT2D eigenvalue weighted by atomic mass is 9.96. The second-order valence-electron chi connectivity index (χ2n) is 5.79. The zero-order valence-corrected chi connectivity index (χ0v) is 16.0. The first-order valence-electron chi connectivity index (χ1n) is 8.67. The first kappa shape index (κ1) is 19.8. The van der Waals surface area contributed by atoms with E-state index in [-0.39, 0.29) is 12.8 Å². The Bertz CT molecular complexity index is 808. The van der Waals surface area contributed by atoms with E-state index in [1.54, 1.807) is 28.1 Å². The fraction of sp³-hybridized carbons (Fsp3) is 0.381. The van der Waals surface area contributed by atoms with Crippen molar-refractivity contribution in [2.75, 3.05) is 27.6 Å². The smallest absolute Gasteiger partial charge is 0.333 e. The van der Waals surface area contributed by atoms with Crippen molar-refractivity contribution in [2.24, 2.45) is 0 Å². The molecule has 0 aliphatic carbocycles. The largest absolute Gasteiger partial charge is 0.493 e. The first-order valence-corrected chi connectivity index (χ1v) is 8.67. The summed E-state index contributed by atoms with van der Waals surface area (Å²) in [4.78, 5) is 12.0. The fourth-order valence-electron chi connectivity index (χ4n) is 2.88. The Morgan fingerprint density at radius 2 is 1.96 bits per heavy atom. The molecule has 0 bridgehead atoms. The van der Waals surface area contributed by atoms with Crippen molar-refractivity contribution in [1.29, 1.82) is 0 Å². The molecule has 0 aliphatic rings. The highest BCUT2D eigenvalue weighted by Gasteiger charge is 2.17. The van der Waals surface area contributed by atoms with E-state index >= 15 is 0 Å². The van der Waals surface area contributed by atoms with Crippen LogP contribution in [0.2, 0.25) is 0 Å². The summed E-state index contributed by atoms with van der Waals surface area (Å²) in [5, 5.41) is 1.95. The number of aryl methyl sites for hydroxylation is 1. The normalized spacial score (nSPS) is 11.5. The van der Waals surface area contributed by atoms with Gasteiger partial charge < -0.3 is 18.9 Å². The molecule has 0 atom stereocenters. The van der Waals surface area contributed by atoms with Gasteiger partial charge in [-0.15, -0.1) is 0 Å². The number of esters is 1. The van der Waals surface area contributed by atoms with Gasteiger partial charge in [-0.05, 0) is 48.9 Å². The summed E-state index contributed by atoms with van der Waals surface area (Å²) < 4.78 is 21.5. The van der Waals surface area contributed by atoms with Gasteiger partial charge in [0.1, 0.15) is 0 Å². The van der Waals surface area contributed by atoms with Crippen LogP contribution in [-0.4, -0.2) is 33.6 Å². The number of hydrogen-bond donors (Lipinski definition) is 0. The van der Waals surface area contributed by atoms with Crippen LogP contribution in [-0.2, 0) is 20.7 Å². The quantitative estimate of drug-likeness (QED) is 0.399. The van der Waals surface area contributed by atoms with Crippen LogP contribution in [0.1, 0.15) is 31.9 Å². The highest BCUT2D eigenvalue weighted by atomic mass is 16.7. The van der Waals surface area contributed by atoms with Crippen LogP contribution in [0, 0.1) is 0 Å². The Kier molecular flexibility index (Phi) is 7.04. The minimum atomic E-state index is -0.328. The molecule has 5 nitrogen and oxygen atoms in total. The molecular formula is C21H26O5. The van der Waals surface area contributed by atoms with E-state index in [0.717, 1.165) is 28.3 Å². The predicted octanol–water partition coefficient (Wildman–Crippen LogP) is 4.36. The van der Waals surface area contributed by atoms with E-state index in [0.29, 0.717) is 23.7 Å². The van der Waals surface area contributed by atoms with Gasteiger partial charge in [-0.25, -0.2) is 4.79 Å². The van der Waals surface area contributed by atoms with E-state index in [1.807, 2.05) is 24.3 Å². The van der Waals surface area contributed by atoms with Crippen LogP contribution in [0.4, 0.5) is 0 Å². The first-order chi connectivity index (χ1) is 12.6. The second kappa shape index (κ2) is 9.25. The molecule has 0 radical (unpaired) electrons. The molecule has 0 saturated heterocycles. The molecule has 140 valence electrons. The summed E-state index contributed by atoms with van der Waals surface area (Å²) in [5.41, 5.74) is 2.54. The van der Waals surface area contributed by atoms with Gasteiger partial charge in [0.15, 0.2) is 18.3 Å². The summed E-state index contributed by atoms with van der Waals surface area (Å²) in [6.45, 7) is 6.10. The van der Waals surface area contributed by atoms with Gasteiger partial charge in [-0.2, -0.15) is 0 Å². The van der Waals surface area contributed by atoms with Crippen LogP contribution in [0.5, 0.6) is 11.5 Å². The maximum absolute atomic E-state index is 12.0. The lowest BCUT2D eigenvalue weighted by Gasteiger charge is -2.17. The molecule has 0 unspecified atom stereocenters. The topological polar surface area (TPSA) is 54.0 Å². The SMILES string of the molecule is CCOC(=O)/C(C)=C\c1cc(OC)c(OCOC)c2c(CC)cccc12. The Hall–Kier alpha value is -2.53. The zero-order valence-electron chi connectivity index (χ0n) is 16.0. The lowest BCUT2D eigenvalue weighted by Crippen LogP contribution is -2.05. The summed E-state index contributed by atoms with van der Waals surface area (Å²) in [5.74, 6) is 0.914. The van der Waals surface area contributed by atoms with Crippen molar-refractivity contribution in [3.05, 3.63) is 41.0 Å². The van der Waals surface area contributed by atoms with Crippen molar-refractivity contribution in [1.82, 2.24) is 0 Å². The molecule has 0 spiro atoms. The maximum Gasteiger partial charge on any atom is 0.333 e. The number of methoxy groups -OCH3 is 2. The zero-order chi connectivity index (χ0) is 19.1. The molecule has 0 aliphatic heterocycles. The minimum absolute atomic E-state index is 0.126. The van der Waals surface area contributed by atoms with E-state index in [1.165, 1.54) is 0 Å². The number of carbonyl (C=O) groups excluding carboxylic acids is 1. The second-order valence-corrected chi connectivity index (χ2v) is 5.79. The van der Waals surface area contributed by atoms with Gasteiger partial charge in [-0.3, -0.25) is 0 Å². The van der Waals surface area contributed by atoms with Crippen LogP contribution in [0.25, 0.3) is 16.8 Å². The van der Waals surface area contributed by atoms with E-state index in [4.69, 9.17) is 18.9 Å². The summed E-state index contributed by atoms with van der Waals surface area (Å²) in [6, 6.07) is 7.95. The molecule has 0 fully saturated rings. The van der Waals surface area contributed by atoms with E-state index in [9.17, 15) is 4.79 Å². The number of ether oxygens (including phenoxy) is 4. The Balaban J connectivity index is 2.73. The van der Waals surface area contributed by atoms with E-state index < -0.39 is 0 Å². The van der Waals surface area contributed by atoms with Crippen LogP contribution < -0.4 is 9.47 Å². The van der Waals surface area contributed by atoms with Gasteiger partial charge >= 0.3 is 5.97 Å². The van der Waals surface area contributed by atoms with Crippen LogP contribution in [0.15, 0.2) is 29.8 Å². The van der Waals surface area contributed by atoms with Gasteiger partial charge in [0.2, 0.25) is 0 Å². The number of carbonyl (C=O) groups is 1. The molecule has 0 heterocycles. The van der Waals surface area contributed by atoms with Crippen molar-refractivity contribution >= 4 is 22.8 Å². The Morgan fingerprint density at radius 3 is 2.58 bits per heavy atom. The van der Waals surface area contributed by atoms with Gasteiger partial charge in [0.05, 0.1) is 13.7 Å². The van der Waals surface area contributed by atoms with Crippen molar-refractivity contribution < 1.29 is 23.7 Å². The third kappa shape index (κ3) is 4.17. The Morgan fingerprint density at radius 1 is 1.19 bits per heavy atom. The maximum atomic E-state index is 12.0. The van der Waals surface area contributed by atoms with E-state index in [2.05, 4.69) is 13.0 Å².